The third kappa shape index (κ3) is 5.45. The lowest BCUT2D eigenvalue weighted by molar-refractivity contribution is -0.384. The van der Waals surface area contributed by atoms with Crippen LogP contribution in [-0.2, 0) is 0 Å². The molecule has 1 aliphatic rings. The fourth-order valence-electron chi connectivity index (χ4n) is 3.87. The smallest absolute Gasteiger partial charge is 0.410 e. The third-order valence-electron chi connectivity index (χ3n) is 5.66. The fraction of sp³-hybridized carbons (Fsp3) is 0.304. The molecule has 9 heteroatoms. The highest BCUT2D eigenvalue weighted by molar-refractivity contribution is 6.31. The first kappa shape index (κ1) is 21.8. The van der Waals surface area contributed by atoms with Crippen molar-refractivity contribution >= 4 is 40.1 Å². The minimum Gasteiger partial charge on any atom is -0.410 e. The number of ether oxygens (including phenoxy) is 1. The van der Waals surface area contributed by atoms with E-state index >= 15 is 0 Å². The van der Waals surface area contributed by atoms with Gasteiger partial charge in [-0.15, -0.1) is 0 Å². The number of halogens is 1. The number of pyridine rings is 1. The van der Waals surface area contributed by atoms with Gasteiger partial charge < -0.3 is 15.0 Å². The highest BCUT2D eigenvalue weighted by atomic mass is 35.5. The molecule has 2 aromatic carbocycles. The van der Waals surface area contributed by atoms with Crippen LogP contribution in [0, 0.1) is 16.0 Å². The number of hydrogen-bond acceptors (Lipinski definition) is 6. The van der Waals surface area contributed by atoms with Crippen LogP contribution in [0.5, 0.6) is 5.75 Å². The lowest BCUT2D eigenvalue weighted by Gasteiger charge is -2.33. The van der Waals surface area contributed by atoms with Crippen molar-refractivity contribution in [2.75, 3.05) is 24.5 Å². The van der Waals surface area contributed by atoms with Crippen molar-refractivity contribution in [3.63, 3.8) is 0 Å². The normalized spacial score (nSPS) is 14.3. The molecule has 32 heavy (non-hydrogen) atoms. The maximum atomic E-state index is 11.9. The van der Waals surface area contributed by atoms with E-state index < -0.39 is 11.0 Å². The maximum Gasteiger partial charge on any atom is 0.412 e. The van der Waals surface area contributed by atoms with Crippen LogP contribution in [0.15, 0.2) is 54.6 Å². The number of fused-ring (bicyclic) bond motifs is 1. The van der Waals surface area contributed by atoms with Gasteiger partial charge in [-0.1, -0.05) is 11.6 Å². The van der Waals surface area contributed by atoms with E-state index in [9.17, 15) is 14.9 Å². The topological polar surface area (TPSA) is 97.6 Å². The molecule has 8 nitrogen and oxygen atoms in total. The van der Waals surface area contributed by atoms with Gasteiger partial charge in [0.25, 0.3) is 5.69 Å². The average molecular weight is 455 g/mol. The Bertz CT molecular complexity index is 1110. The minimum atomic E-state index is -0.559. The molecule has 0 radical (unpaired) electrons. The van der Waals surface area contributed by atoms with Crippen LogP contribution in [0.25, 0.3) is 10.9 Å². The highest BCUT2D eigenvalue weighted by Gasteiger charge is 2.20. The number of hydrogen-bond donors (Lipinski definition) is 1. The van der Waals surface area contributed by atoms with Crippen LogP contribution >= 0.6 is 11.6 Å². The summed E-state index contributed by atoms with van der Waals surface area (Å²) in [6.45, 7) is 2.36. The molecule has 1 aliphatic heterocycles. The number of aromatic nitrogens is 1. The van der Waals surface area contributed by atoms with Crippen LogP contribution < -0.4 is 15.0 Å². The molecule has 4 rings (SSSR count). The zero-order chi connectivity index (χ0) is 22.5. The number of carbonyl (C=O) groups is 1. The SMILES string of the molecule is O=C(NCCC1CCN(c2ccc3cc(Cl)ccc3n2)CC1)Oc1ccc([N+](=O)[O-])cc1. The predicted molar refractivity (Wildman–Crippen MR) is 123 cm³/mol. The lowest BCUT2D eigenvalue weighted by Crippen LogP contribution is -2.36. The maximum absolute atomic E-state index is 11.9. The van der Waals surface area contributed by atoms with Gasteiger partial charge in [0.1, 0.15) is 11.6 Å². The Labute approximate surface area is 190 Å². The Hall–Kier alpha value is -3.39. The zero-order valence-corrected chi connectivity index (χ0v) is 18.1. The summed E-state index contributed by atoms with van der Waals surface area (Å²) in [6.07, 6.45) is 2.36. The standard InChI is InChI=1S/C23H23ClN4O4/c24-18-2-7-21-17(15-18)1-8-22(26-21)27-13-10-16(11-14-27)9-12-25-23(29)32-20-5-3-19(4-6-20)28(30)31/h1-8,15-16H,9-14H2,(H,25,29). The van der Waals surface area contributed by atoms with E-state index in [-0.39, 0.29) is 11.4 Å². The molecule has 2 heterocycles. The van der Waals surface area contributed by atoms with Crippen LogP contribution in [-0.4, -0.2) is 35.6 Å². The number of rotatable bonds is 6. The summed E-state index contributed by atoms with van der Waals surface area (Å²) < 4.78 is 5.16. The molecular formula is C23H23ClN4O4. The van der Waals surface area contributed by atoms with Crippen LogP contribution in [0.1, 0.15) is 19.3 Å². The molecule has 0 unspecified atom stereocenters. The summed E-state index contributed by atoms with van der Waals surface area (Å²) in [5, 5.41) is 15.2. The van der Waals surface area contributed by atoms with Crippen LogP contribution in [0.3, 0.4) is 0 Å². The first-order valence-electron chi connectivity index (χ1n) is 10.5. The Morgan fingerprint density at radius 1 is 1.16 bits per heavy atom. The zero-order valence-electron chi connectivity index (χ0n) is 17.4. The van der Waals surface area contributed by atoms with E-state index in [0.717, 1.165) is 49.1 Å². The fourth-order valence-corrected chi connectivity index (χ4v) is 4.05. The van der Waals surface area contributed by atoms with Crippen molar-refractivity contribution in [3.8, 4) is 5.75 Å². The predicted octanol–water partition coefficient (Wildman–Crippen LogP) is 5.19. The monoisotopic (exact) mass is 454 g/mol. The molecule has 166 valence electrons. The number of nitro benzene ring substituents is 1. The van der Waals surface area contributed by atoms with Gasteiger partial charge in [-0.3, -0.25) is 10.1 Å². The van der Waals surface area contributed by atoms with Crippen LogP contribution in [0.4, 0.5) is 16.3 Å². The first-order valence-corrected chi connectivity index (χ1v) is 10.9. The van der Waals surface area contributed by atoms with Gasteiger partial charge in [-0.25, -0.2) is 9.78 Å². The van der Waals surface area contributed by atoms with E-state index in [1.807, 2.05) is 24.3 Å². The summed E-state index contributed by atoms with van der Waals surface area (Å²) in [5.74, 6) is 1.76. The number of nitrogens with one attached hydrogen (secondary N) is 1. The van der Waals surface area contributed by atoms with Crippen molar-refractivity contribution in [2.45, 2.75) is 19.3 Å². The second-order valence-electron chi connectivity index (χ2n) is 7.79. The first-order chi connectivity index (χ1) is 15.5. The second-order valence-corrected chi connectivity index (χ2v) is 8.23. The number of benzene rings is 2. The van der Waals surface area contributed by atoms with E-state index in [1.54, 1.807) is 0 Å². The van der Waals surface area contributed by atoms with Crippen molar-refractivity contribution in [1.82, 2.24) is 10.3 Å². The number of anilines is 1. The molecule has 1 fully saturated rings. The molecule has 1 saturated heterocycles. The molecule has 0 bridgehead atoms. The Kier molecular flexibility index (Phi) is 6.70. The Morgan fingerprint density at radius 2 is 1.91 bits per heavy atom. The molecule has 3 aromatic rings. The van der Waals surface area contributed by atoms with Gasteiger partial charge in [-0.05, 0) is 67.6 Å². The van der Waals surface area contributed by atoms with Gasteiger partial charge in [0.05, 0.1) is 10.4 Å². The number of nitro groups is 1. The quantitative estimate of drug-likeness (QED) is 0.406. The van der Waals surface area contributed by atoms with Crippen molar-refractivity contribution in [2.24, 2.45) is 5.92 Å². The molecule has 0 spiro atoms. The van der Waals surface area contributed by atoms with Gasteiger partial charge in [-0.2, -0.15) is 0 Å². The number of nitrogens with zero attached hydrogens (tertiary/aromatic N) is 3. The third-order valence-corrected chi connectivity index (χ3v) is 5.89. The molecule has 0 saturated carbocycles. The lowest BCUT2D eigenvalue weighted by atomic mass is 9.93. The van der Waals surface area contributed by atoms with Crippen molar-refractivity contribution in [3.05, 3.63) is 69.7 Å². The summed E-state index contributed by atoms with van der Waals surface area (Å²) in [7, 11) is 0. The Balaban J connectivity index is 1.20. The van der Waals surface area contributed by atoms with Gasteiger partial charge in [0, 0.05) is 42.2 Å². The number of amides is 1. The molecule has 1 N–H and O–H groups in total. The van der Waals surface area contributed by atoms with Gasteiger partial charge >= 0.3 is 6.09 Å². The second kappa shape index (κ2) is 9.82. The van der Waals surface area contributed by atoms with Gasteiger partial charge in [0.2, 0.25) is 0 Å². The van der Waals surface area contributed by atoms with E-state index in [1.165, 1.54) is 24.3 Å². The van der Waals surface area contributed by atoms with Crippen LogP contribution in [0.2, 0.25) is 5.02 Å². The van der Waals surface area contributed by atoms with E-state index in [0.29, 0.717) is 17.5 Å². The summed E-state index contributed by atoms with van der Waals surface area (Å²) in [5.41, 5.74) is 0.886. The molecule has 1 aromatic heterocycles. The van der Waals surface area contributed by atoms with Crippen molar-refractivity contribution < 1.29 is 14.5 Å². The van der Waals surface area contributed by atoms with Gasteiger partial charge in [0.15, 0.2) is 0 Å². The van der Waals surface area contributed by atoms with E-state index in [4.69, 9.17) is 21.3 Å². The molecule has 0 aliphatic carbocycles. The molecular weight excluding hydrogens is 432 g/mol. The Morgan fingerprint density at radius 3 is 2.62 bits per heavy atom. The van der Waals surface area contributed by atoms with Crippen molar-refractivity contribution in [1.29, 1.82) is 0 Å². The number of carbonyl (C=O) groups excluding carboxylic acids is 1. The number of piperidine rings is 1. The van der Waals surface area contributed by atoms with E-state index in [2.05, 4.69) is 16.3 Å². The minimum absolute atomic E-state index is 0.0487. The largest absolute Gasteiger partial charge is 0.412 e. The molecule has 0 atom stereocenters. The summed E-state index contributed by atoms with van der Waals surface area (Å²) in [6, 6.07) is 15.2. The highest BCUT2D eigenvalue weighted by Crippen LogP contribution is 2.26. The molecule has 1 amide bonds. The summed E-state index contributed by atoms with van der Waals surface area (Å²) >= 11 is 6.05. The average Bonchev–Trinajstić information content (AvgIpc) is 2.79. The summed E-state index contributed by atoms with van der Waals surface area (Å²) in [4.78, 5) is 29.2. The number of non-ortho nitro benzene ring substituents is 1.